The van der Waals surface area contributed by atoms with Crippen molar-refractivity contribution in [3.63, 3.8) is 0 Å². The maximum Gasteiger partial charge on any atom is 0.160 e. The van der Waals surface area contributed by atoms with E-state index in [1.807, 2.05) is 6.07 Å². The minimum atomic E-state index is 0.677. The summed E-state index contributed by atoms with van der Waals surface area (Å²) in [5.41, 5.74) is 18.0. The van der Waals surface area contributed by atoms with Gasteiger partial charge >= 0.3 is 0 Å². The molecule has 0 fully saturated rings. The van der Waals surface area contributed by atoms with Gasteiger partial charge in [0, 0.05) is 55.2 Å². The van der Waals surface area contributed by atoms with Gasteiger partial charge in [-0.25, -0.2) is 14.5 Å². The number of hydrogen-bond donors (Lipinski definition) is 0. The molecule has 0 aliphatic heterocycles. The molecule has 68 heavy (non-hydrogen) atoms. The maximum atomic E-state index is 5.39. The van der Waals surface area contributed by atoms with Gasteiger partial charge in [0.15, 0.2) is 5.82 Å². The minimum Gasteiger partial charge on any atom is -0.309 e. The van der Waals surface area contributed by atoms with Crippen LogP contribution in [0.1, 0.15) is 0 Å². The fraction of sp³-hybridized carbons (Fsp3) is 0. The van der Waals surface area contributed by atoms with Crippen LogP contribution < -0.4 is 0 Å². The number of nitrogens with zero attached hydrogens (tertiary/aromatic N) is 5. The molecule has 4 aromatic heterocycles. The lowest BCUT2D eigenvalue weighted by molar-refractivity contribution is 0.979. The quantitative estimate of drug-likeness (QED) is 0.153. The van der Waals surface area contributed by atoms with Gasteiger partial charge in [-0.1, -0.05) is 206 Å². The fourth-order valence-electron chi connectivity index (χ4n) is 9.89. The van der Waals surface area contributed by atoms with E-state index < -0.39 is 0 Å². The lowest BCUT2D eigenvalue weighted by Gasteiger charge is -2.13. The third-order valence-corrected chi connectivity index (χ3v) is 13.2. The van der Waals surface area contributed by atoms with Crippen molar-refractivity contribution in [2.24, 2.45) is 0 Å². The molecule has 0 aliphatic rings. The largest absolute Gasteiger partial charge is 0.309 e. The molecule has 0 aliphatic carbocycles. The first kappa shape index (κ1) is 39.2. The summed E-state index contributed by atoms with van der Waals surface area (Å²) in [4.78, 5) is 10.4. The van der Waals surface area contributed by atoms with Gasteiger partial charge in [0.05, 0.1) is 33.6 Å². The average Bonchev–Trinajstić information content (AvgIpc) is 3.99. The molecule has 0 unspecified atom stereocenters. The number of hydrogen-bond acceptors (Lipinski definition) is 3. The second-order valence-corrected chi connectivity index (χ2v) is 17.2. The predicted octanol–water partition coefficient (Wildman–Crippen LogP) is 16.0. The smallest absolute Gasteiger partial charge is 0.160 e. The number of aromatic nitrogens is 5. The highest BCUT2D eigenvalue weighted by molar-refractivity contribution is 6.10. The Morgan fingerprint density at radius 1 is 0.324 bits per heavy atom. The molecule has 13 rings (SSSR count). The number of rotatable bonds is 8. The van der Waals surface area contributed by atoms with Gasteiger partial charge in [-0.3, -0.25) is 0 Å². The molecule has 0 bridgehead atoms. The van der Waals surface area contributed by atoms with E-state index in [1.54, 1.807) is 0 Å². The zero-order valence-corrected chi connectivity index (χ0v) is 36.9. The number of para-hydroxylation sites is 2. The summed E-state index contributed by atoms with van der Waals surface area (Å²) in [5, 5.41) is 10.2. The van der Waals surface area contributed by atoms with Crippen LogP contribution in [0, 0.1) is 0 Å². The molecular weight excluding hydrogens is 827 g/mol. The van der Waals surface area contributed by atoms with Gasteiger partial charge in [0.2, 0.25) is 0 Å². The van der Waals surface area contributed by atoms with Gasteiger partial charge in [-0.2, -0.15) is 5.10 Å². The van der Waals surface area contributed by atoms with Crippen LogP contribution in [0.3, 0.4) is 0 Å². The van der Waals surface area contributed by atoms with E-state index in [-0.39, 0.29) is 0 Å². The molecular formula is C63H41N5. The monoisotopic (exact) mass is 867 g/mol. The molecule has 0 saturated carbocycles. The Labute approximate surface area is 393 Å². The maximum absolute atomic E-state index is 5.39. The Balaban J connectivity index is 0.904. The van der Waals surface area contributed by atoms with Crippen LogP contribution in [0.2, 0.25) is 0 Å². The Morgan fingerprint density at radius 3 is 1.43 bits per heavy atom. The van der Waals surface area contributed by atoms with E-state index in [2.05, 4.69) is 252 Å². The predicted molar refractivity (Wildman–Crippen MR) is 281 cm³/mol. The van der Waals surface area contributed by atoms with Crippen LogP contribution in [0.25, 0.3) is 122 Å². The van der Waals surface area contributed by atoms with E-state index in [1.165, 1.54) is 21.8 Å². The van der Waals surface area contributed by atoms with Crippen molar-refractivity contribution in [1.82, 2.24) is 24.1 Å². The molecule has 9 aromatic carbocycles. The van der Waals surface area contributed by atoms with Crippen molar-refractivity contribution in [1.29, 1.82) is 0 Å². The normalized spacial score (nSPS) is 11.5. The molecule has 0 amide bonds. The first-order valence-corrected chi connectivity index (χ1v) is 23.0. The summed E-state index contributed by atoms with van der Waals surface area (Å²) in [6.45, 7) is 0. The van der Waals surface area contributed by atoms with Crippen LogP contribution in [0.5, 0.6) is 0 Å². The summed E-state index contributed by atoms with van der Waals surface area (Å²) >= 11 is 0. The molecule has 5 nitrogen and oxygen atoms in total. The Hall–Kier alpha value is -9.19. The Morgan fingerprint density at radius 2 is 0.809 bits per heavy atom. The first-order chi connectivity index (χ1) is 33.7. The van der Waals surface area contributed by atoms with Crippen molar-refractivity contribution in [2.75, 3.05) is 0 Å². The van der Waals surface area contributed by atoms with E-state index in [0.717, 1.165) is 94.8 Å². The van der Waals surface area contributed by atoms with E-state index in [0.29, 0.717) is 5.82 Å². The molecule has 4 heterocycles. The van der Waals surface area contributed by atoms with Crippen molar-refractivity contribution in [3.8, 4) is 84.4 Å². The molecule has 5 heteroatoms. The van der Waals surface area contributed by atoms with Crippen molar-refractivity contribution < 1.29 is 0 Å². The molecule has 318 valence electrons. The van der Waals surface area contributed by atoms with Gasteiger partial charge in [-0.05, 0) is 64.5 Å². The summed E-state index contributed by atoms with van der Waals surface area (Å²) in [6, 6.07) is 87.9. The van der Waals surface area contributed by atoms with E-state index in [4.69, 9.17) is 15.1 Å². The van der Waals surface area contributed by atoms with Crippen molar-refractivity contribution >= 4 is 38.1 Å². The topological polar surface area (TPSA) is 48.0 Å². The average molecular weight is 868 g/mol. The standard InChI is InChI=1S/C63H41N5/c1-5-17-43(18-6-1)55-41-56(44-33-36-51(37-34-44)67-57-27-15-13-25-53(57)54-26-14-16-28-58(54)67)65-63(64-55)48-31-29-42(30-32-48)49-35-38-52-50(39-49)40-59(45-19-7-2-8-20-45)68-62(52)60(46-21-9-3-10-22-46)61(66-68)47-23-11-4-12-24-47/h1-41H. The lowest BCUT2D eigenvalue weighted by Crippen LogP contribution is -1.97. The fourth-order valence-corrected chi connectivity index (χ4v) is 9.89. The van der Waals surface area contributed by atoms with Crippen LogP contribution >= 0.6 is 0 Å². The highest BCUT2D eigenvalue weighted by Gasteiger charge is 2.22. The highest BCUT2D eigenvalue weighted by Crippen LogP contribution is 2.42. The van der Waals surface area contributed by atoms with E-state index >= 15 is 0 Å². The van der Waals surface area contributed by atoms with Crippen LogP contribution in [0.15, 0.2) is 249 Å². The van der Waals surface area contributed by atoms with Gasteiger partial charge in [0.1, 0.15) is 5.69 Å². The van der Waals surface area contributed by atoms with Gasteiger partial charge in [0.25, 0.3) is 0 Å². The zero-order chi connectivity index (χ0) is 45.0. The van der Waals surface area contributed by atoms with E-state index in [9.17, 15) is 0 Å². The van der Waals surface area contributed by atoms with Gasteiger partial charge in [-0.15, -0.1) is 0 Å². The molecule has 0 spiro atoms. The molecule has 0 N–H and O–H groups in total. The minimum absolute atomic E-state index is 0.677. The molecule has 0 atom stereocenters. The molecule has 0 saturated heterocycles. The van der Waals surface area contributed by atoms with Gasteiger partial charge < -0.3 is 4.57 Å². The van der Waals surface area contributed by atoms with Crippen molar-refractivity contribution in [3.05, 3.63) is 249 Å². The van der Waals surface area contributed by atoms with Crippen LogP contribution in [-0.4, -0.2) is 24.1 Å². The number of fused-ring (bicyclic) bond motifs is 6. The third-order valence-electron chi connectivity index (χ3n) is 13.2. The third kappa shape index (κ3) is 6.76. The van der Waals surface area contributed by atoms with Crippen molar-refractivity contribution in [2.45, 2.75) is 0 Å². The van der Waals surface area contributed by atoms with Crippen LogP contribution in [0.4, 0.5) is 0 Å². The first-order valence-electron chi connectivity index (χ1n) is 23.0. The number of pyridine rings is 1. The second kappa shape index (κ2) is 16.4. The SMILES string of the molecule is c1ccc(-c2cc(-c3ccc(-n4c5ccccc5c5ccccc54)cc3)nc(-c3ccc(-c4ccc5c(c4)cc(-c4ccccc4)n4nc(-c6ccccc6)c(-c6ccccc6)c54)cc3)n2)cc1. The Kier molecular flexibility index (Phi) is 9.43. The zero-order valence-electron chi connectivity index (χ0n) is 36.9. The highest BCUT2D eigenvalue weighted by atomic mass is 15.2. The second-order valence-electron chi connectivity index (χ2n) is 17.2. The van der Waals surface area contributed by atoms with Crippen LogP contribution in [-0.2, 0) is 0 Å². The summed E-state index contributed by atoms with van der Waals surface area (Å²) < 4.78 is 4.49. The number of benzene rings is 9. The summed E-state index contributed by atoms with van der Waals surface area (Å²) in [6.07, 6.45) is 0. The molecule has 13 aromatic rings. The lowest BCUT2D eigenvalue weighted by atomic mass is 9.95. The summed E-state index contributed by atoms with van der Waals surface area (Å²) in [5.74, 6) is 0.677. The summed E-state index contributed by atoms with van der Waals surface area (Å²) in [7, 11) is 0. The molecule has 0 radical (unpaired) electrons. The Bertz CT molecular complexity index is 3920.